The van der Waals surface area contributed by atoms with Crippen molar-refractivity contribution in [1.29, 1.82) is 0 Å². The lowest BCUT2D eigenvalue weighted by Crippen LogP contribution is -2.41. The number of nitrogens with one attached hydrogen (secondary N) is 2. The zero-order chi connectivity index (χ0) is 30.7. The van der Waals surface area contributed by atoms with Crippen LogP contribution in [-0.2, 0) is 13.6 Å². The molecule has 0 radical (unpaired) electrons. The normalized spacial score (nSPS) is 16.6. The molecule has 5 rings (SSSR count). The summed E-state index contributed by atoms with van der Waals surface area (Å²) in [4.78, 5) is 30.2. The molecular formula is C31H30Cl3N5O4. The number of hydrogen-bond donors (Lipinski definition) is 3. The molecule has 12 heteroatoms. The molecule has 0 aliphatic heterocycles. The lowest BCUT2D eigenvalue weighted by molar-refractivity contribution is 0.0901. The van der Waals surface area contributed by atoms with E-state index < -0.39 is 11.5 Å². The number of benzene rings is 2. The maximum absolute atomic E-state index is 13.0. The van der Waals surface area contributed by atoms with Gasteiger partial charge in [-0.1, -0.05) is 84.0 Å². The molecule has 43 heavy (non-hydrogen) atoms. The minimum absolute atomic E-state index is 0.0432. The summed E-state index contributed by atoms with van der Waals surface area (Å²) >= 11 is 19.8. The van der Waals surface area contributed by atoms with Crippen LogP contribution in [0.5, 0.6) is 5.88 Å². The average Bonchev–Trinajstić information content (AvgIpc) is 3.00. The summed E-state index contributed by atoms with van der Waals surface area (Å²) in [6.07, 6.45) is 4.75. The van der Waals surface area contributed by atoms with Crippen LogP contribution in [0.4, 0.5) is 5.69 Å². The number of anilines is 1. The number of aromatic nitrogens is 3. The summed E-state index contributed by atoms with van der Waals surface area (Å²) in [7, 11) is 2.99. The summed E-state index contributed by atoms with van der Waals surface area (Å²) in [5, 5.41) is 20.8. The average molecular weight is 643 g/mol. The highest BCUT2D eigenvalue weighted by molar-refractivity contribution is 6.40. The zero-order valence-electron chi connectivity index (χ0n) is 23.5. The molecule has 2 atom stereocenters. The van der Waals surface area contributed by atoms with Gasteiger partial charge >= 0.3 is 0 Å². The van der Waals surface area contributed by atoms with Gasteiger partial charge in [-0.05, 0) is 25.0 Å². The summed E-state index contributed by atoms with van der Waals surface area (Å²) < 4.78 is 6.63. The molecule has 1 unspecified atom stereocenters. The van der Waals surface area contributed by atoms with Crippen LogP contribution in [0.2, 0.25) is 15.1 Å². The van der Waals surface area contributed by atoms with Crippen LogP contribution >= 0.6 is 34.8 Å². The highest BCUT2D eigenvalue weighted by Gasteiger charge is 2.24. The molecule has 3 N–H and O–H groups in total. The quantitative estimate of drug-likeness (QED) is 0.212. The Balaban J connectivity index is 1.42. The minimum Gasteiger partial charge on any atom is -0.481 e. The maximum atomic E-state index is 13.0. The van der Waals surface area contributed by atoms with Crippen LogP contribution in [-0.4, -0.2) is 45.0 Å². The number of ether oxygens (including phenoxy) is 1. The fourth-order valence-electron chi connectivity index (χ4n) is 5.20. The molecule has 9 nitrogen and oxygen atoms in total. The highest BCUT2D eigenvalue weighted by Crippen LogP contribution is 2.41. The van der Waals surface area contributed by atoms with Gasteiger partial charge in [-0.15, -0.1) is 0 Å². The van der Waals surface area contributed by atoms with E-state index in [1.54, 1.807) is 25.3 Å². The van der Waals surface area contributed by atoms with Crippen LogP contribution in [0.3, 0.4) is 0 Å². The van der Waals surface area contributed by atoms with Crippen LogP contribution in [0.15, 0.2) is 59.5 Å². The second kappa shape index (κ2) is 13.4. The predicted octanol–water partition coefficient (Wildman–Crippen LogP) is 6.12. The van der Waals surface area contributed by atoms with Gasteiger partial charge in [0.2, 0.25) is 5.88 Å². The number of aryl methyl sites for hydroxylation is 1. The number of aliphatic hydroxyl groups is 1. The Morgan fingerprint density at radius 3 is 2.47 bits per heavy atom. The summed E-state index contributed by atoms with van der Waals surface area (Å²) in [5.41, 5.74) is 2.73. The van der Waals surface area contributed by atoms with E-state index in [9.17, 15) is 14.7 Å². The Kier molecular flexibility index (Phi) is 9.68. The number of halogens is 3. The third-order valence-corrected chi connectivity index (χ3v) is 8.65. The number of methoxy groups -OCH3 is 1. The Morgan fingerprint density at radius 2 is 1.72 bits per heavy atom. The zero-order valence-corrected chi connectivity index (χ0v) is 25.8. The number of amides is 1. The van der Waals surface area contributed by atoms with Gasteiger partial charge in [0.25, 0.3) is 11.5 Å². The van der Waals surface area contributed by atoms with Crippen LogP contribution in [0.1, 0.15) is 41.6 Å². The first kappa shape index (κ1) is 31.0. The number of nitrogens with zero attached hydrogens (tertiary/aromatic N) is 3. The lowest BCUT2D eigenvalue weighted by Gasteiger charge is -2.28. The van der Waals surface area contributed by atoms with Gasteiger partial charge < -0.3 is 20.5 Å². The smallest absolute Gasteiger partial charge is 0.280 e. The third kappa shape index (κ3) is 6.56. The van der Waals surface area contributed by atoms with Crippen LogP contribution < -0.4 is 20.9 Å². The molecule has 2 heterocycles. The Labute approximate surface area is 263 Å². The number of carbonyl (C=O) groups excluding carboxylic acids is 1. The molecule has 1 fully saturated rings. The fraction of sp³-hybridized carbons (Fsp3) is 0.290. The van der Waals surface area contributed by atoms with Crippen molar-refractivity contribution in [3.05, 3.63) is 91.3 Å². The Morgan fingerprint density at radius 1 is 1.02 bits per heavy atom. The SMILES string of the molecule is COc1nc(-c2cccc(-c3cccc(NC(=O)c4c(Cl)cnn(C)c4=O)c3Cl)c2Cl)ccc1CNC1CCCC[C@@H]1O. The van der Waals surface area contributed by atoms with Crippen LogP contribution in [0.25, 0.3) is 22.4 Å². The van der Waals surface area contributed by atoms with Gasteiger partial charge in [0.1, 0.15) is 5.56 Å². The topological polar surface area (TPSA) is 118 Å². The first-order valence-corrected chi connectivity index (χ1v) is 14.9. The van der Waals surface area contributed by atoms with Crippen molar-refractivity contribution in [3.63, 3.8) is 0 Å². The number of rotatable bonds is 8. The van der Waals surface area contributed by atoms with Gasteiger partial charge in [0.05, 0.1) is 45.9 Å². The van der Waals surface area contributed by atoms with Crippen molar-refractivity contribution >= 4 is 46.4 Å². The number of carbonyl (C=O) groups is 1. The van der Waals surface area contributed by atoms with Crippen molar-refractivity contribution in [2.45, 2.75) is 44.4 Å². The van der Waals surface area contributed by atoms with Gasteiger partial charge in [-0.3, -0.25) is 9.59 Å². The van der Waals surface area contributed by atoms with E-state index in [2.05, 4.69) is 15.7 Å². The molecule has 2 aromatic heterocycles. The molecule has 0 saturated heterocycles. The van der Waals surface area contributed by atoms with E-state index in [4.69, 9.17) is 44.5 Å². The molecule has 1 aliphatic rings. The molecule has 1 amide bonds. The molecule has 4 aromatic rings. The number of aliphatic hydroxyl groups excluding tert-OH is 1. The molecule has 1 saturated carbocycles. The lowest BCUT2D eigenvalue weighted by atomic mass is 9.92. The molecule has 0 spiro atoms. The van der Waals surface area contributed by atoms with Gasteiger partial charge in [-0.25, -0.2) is 9.67 Å². The molecule has 2 aromatic carbocycles. The molecule has 1 aliphatic carbocycles. The largest absolute Gasteiger partial charge is 0.481 e. The highest BCUT2D eigenvalue weighted by atomic mass is 35.5. The van der Waals surface area contributed by atoms with Crippen LogP contribution in [0, 0.1) is 0 Å². The Hall–Kier alpha value is -3.47. The van der Waals surface area contributed by atoms with Gasteiger partial charge in [-0.2, -0.15) is 5.10 Å². The maximum Gasteiger partial charge on any atom is 0.280 e. The molecule has 224 valence electrons. The Bertz CT molecular complexity index is 1730. The first-order valence-electron chi connectivity index (χ1n) is 13.8. The minimum atomic E-state index is -0.712. The summed E-state index contributed by atoms with van der Waals surface area (Å²) in [6.45, 7) is 0.511. The van der Waals surface area contributed by atoms with Crippen molar-refractivity contribution in [1.82, 2.24) is 20.1 Å². The van der Waals surface area contributed by atoms with Crippen molar-refractivity contribution in [2.24, 2.45) is 7.05 Å². The van der Waals surface area contributed by atoms with E-state index >= 15 is 0 Å². The van der Waals surface area contributed by atoms with Crippen molar-refractivity contribution < 1.29 is 14.6 Å². The van der Waals surface area contributed by atoms with E-state index in [0.29, 0.717) is 39.8 Å². The number of pyridine rings is 1. The van der Waals surface area contributed by atoms with E-state index in [0.717, 1.165) is 35.9 Å². The summed E-state index contributed by atoms with van der Waals surface area (Å²) in [5.74, 6) is -0.254. The monoisotopic (exact) mass is 641 g/mol. The third-order valence-electron chi connectivity index (χ3n) is 7.55. The van der Waals surface area contributed by atoms with Crippen molar-refractivity contribution in [2.75, 3.05) is 12.4 Å². The van der Waals surface area contributed by atoms with E-state index in [1.807, 2.05) is 30.3 Å². The fourth-order valence-corrected chi connectivity index (χ4v) is 6.01. The van der Waals surface area contributed by atoms with Gasteiger partial charge in [0, 0.05) is 41.9 Å². The number of hydrogen-bond acceptors (Lipinski definition) is 7. The molecule has 0 bridgehead atoms. The predicted molar refractivity (Wildman–Crippen MR) is 169 cm³/mol. The second-order valence-electron chi connectivity index (χ2n) is 10.3. The standard InChI is InChI=1S/C31H30Cl3N5O4/c1-39-31(42)26(21(32)16-36-39)29(41)37-24-11-6-8-19(28(24)34)18-7-5-9-20(27(18)33)22-14-13-17(30(38-22)43-2)15-35-23-10-3-4-12-25(23)40/h5-9,11,13-14,16,23,25,35,40H,3-4,10,12,15H2,1-2H3,(H,37,41)/t23?,25-/m0/s1. The first-order chi connectivity index (χ1) is 20.7. The van der Waals surface area contributed by atoms with E-state index in [-0.39, 0.29) is 33.4 Å². The molecular weight excluding hydrogens is 613 g/mol. The second-order valence-corrected chi connectivity index (χ2v) is 11.5. The van der Waals surface area contributed by atoms with E-state index in [1.165, 1.54) is 13.2 Å². The summed E-state index contributed by atoms with van der Waals surface area (Å²) in [6, 6.07) is 14.5. The van der Waals surface area contributed by atoms with Gasteiger partial charge in [0.15, 0.2) is 0 Å². The van der Waals surface area contributed by atoms with Crippen molar-refractivity contribution in [3.8, 4) is 28.3 Å².